The number of ether oxygens (including phenoxy) is 1. The van der Waals surface area contributed by atoms with Crippen LogP contribution in [0.15, 0.2) is 12.7 Å². The summed E-state index contributed by atoms with van der Waals surface area (Å²) in [6.07, 6.45) is 3.56. The van der Waals surface area contributed by atoms with Crippen molar-refractivity contribution < 1.29 is 9.53 Å². The van der Waals surface area contributed by atoms with Gasteiger partial charge in [-0.1, -0.05) is 0 Å². The highest BCUT2D eigenvalue weighted by molar-refractivity contribution is 8.93. The molecule has 0 radical (unpaired) electrons. The number of aromatic amines is 1. The van der Waals surface area contributed by atoms with Gasteiger partial charge < -0.3 is 14.3 Å². The Bertz CT molecular complexity index is 619. The Morgan fingerprint density at radius 3 is 3.06 bits per heavy atom. The minimum atomic E-state index is -0.376. The van der Waals surface area contributed by atoms with Gasteiger partial charge in [0.2, 0.25) is 0 Å². The summed E-state index contributed by atoms with van der Waals surface area (Å²) >= 11 is 0. The van der Waals surface area contributed by atoms with Crippen molar-refractivity contribution in [2.75, 3.05) is 6.61 Å². The number of carbonyl (C=O) groups excluding carboxylic acids is 1. The van der Waals surface area contributed by atoms with Crippen LogP contribution in [0.3, 0.4) is 0 Å². The number of esters is 1. The molecule has 1 unspecified atom stereocenters. The Morgan fingerprint density at radius 2 is 2.35 bits per heavy atom. The second-order valence-corrected chi connectivity index (χ2v) is 3.57. The van der Waals surface area contributed by atoms with E-state index in [2.05, 4.69) is 15.0 Å². The Balaban J connectivity index is 0.00000108. The summed E-state index contributed by atoms with van der Waals surface area (Å²) in [5.74, 6) is -0.270. The molecule has 0 aliphatic carbocycles. The third kappa shape index (κ3) is 1.74. The number of carbonyl (C=O) groups is 1. The quantitative estimate of drug-likeness (QED) is 0.740. The van der Waals surface area contributed by atoms with E-state index in [9.17, 15) is 4.79 Å². The number of nitrogens with one attached hydrogen (secondary N) is 2. The summed E-state index contributed by atoms with van der Waals surface area (Å²) in [4.78, 5) is 22.3. The lowest BCUT2D eigenvalue weighted by Crippen LogP contribution is -2.19. The Labute approximate surface area is 106 Å². The first kappa shape index (κ1) is 11.8. The maximum absolute atomic E-state index is 11.5. The fraction of sp³-hybridized carbons (Fsp3) is 0.333. The van der Waals surface area contributed by atoms with Gasteiger partial charge in [-0.2, -0.15) is 0 Å². The molecule has 1 saturated heterocycles. The molecule has 0 aromatic carbocycles. The monoisotopic (exact) mass is 299 g/mol. The fourth-order valence-corrected chi connectivity index (χ4v) is 1.86. The molecule has 2 aromatic heterocycles. The summed E-state index contributed by atoms with van der Waals surface area (Å²) in [6, 6.07) is -0.376. The van der Waals surface area contributed by atoms with Crippen molar-refractivity contribution in [3.05, 3.63) is 18.1 Å². The predicted molar refractivity (Wildman–Crippen MR) is 62.7 cm³/mol. The maximum atomic E-state index is 11.5. The summed E-state index contributed by atoms with van der Waals surface area (Å²) in [5, 5.41) is 7.59. The molecule has 90 valence electrons. The highest BCUT2D eigenvalue weighted by Gasteiger charge is 2.29. The first-order chi connectivity index (χ1) is 7.77. The molecule has 0 bridgehead atoms. The van der Waals surface area contributed by atoms with E-state index in [0.29, 0.717) is 24.2 Å². The average molecular weight is 300 g/mol. The minimum Gasteiger partial charge on any atom is -0.464 e. The molecule has 3 heterocycles. The van der Waals surface area contributed by atoms with Gasteiger partial charge in [0, 0.05) is 6.42 Å². The van der Waals surface area contributed by atoms with E-state index >= 15 is 0 Å². The van der Waals surface area contributed by atoms with Gasteiger partial charge in [-0.15, -0.1) is 17.0 Å². The van der Waals surface area contributed by atoms with Crippen molar-refractivity contribution in [3.8, 4) is 0 Å². The van der Waals surface area contributed by atoms with Crippen molar-refractivity contribution in [2.45, 2.75) is 12.5 Å². The van der Waals surface area contributed by atoms with E-state index < -0.39 is 0 Å². The zero-order valence-corrected chi connectivity index (χ0v) is 10.4. The van der Waals surface area contributed by atoms with E-state index in [0.717, 1.165) is 0 Å². The molecule has 17 heavy (non-hydrogen) atoms. The predicted octanol–water partition coefficient (Wildman–Crippen LogP) is 0.305. The third-order valence-electron chi connectivity index (χ3n) is 2.66. The van der Waals surface area contributed by atoms with Crippen molar-refractivity contribution >= 4 is 34.1 Å². The van der Waals surface area contributed by atoms with E-state index in [1.54, 1.807) is 4.57 Å². The Morgan fingerprint density at radius 1 is 1.53 bits per heavy atom. The number of imidazole rings is 1. The molecule has 0 spiro atoms. The van der Waals surface area contributed by atoms with E-state index in [1.807, 2.05) is 0 Å². The van der Waals surface area contributed by atoms with E-state index in [4.69, 9.17) is 10.1 Å². The number of fused-ring (bicyclic) bond motifs is 1. The summed E-state index contributed by atoms with van der Waals surface area (Å²) in [6.45, 7) is 0.422. The van der Waals surface area contributed by atoms with Crippen LogP contribution in [-0.4, -0.2) is 32.1 Å². The van der Waals surface area contributed by atoms with Gasteiger partial charge in [-0.05, 0) is 0 Å². The average Bonchev–Trinajstić information content (AvgIpc) is 2.88. The molecular formula is C9H10BrN5O2. The summed E-state index contributed by atoms with van der Waals surface area (Å²) in [5.41, 5.74) is 1.21. The lowest BCUT2D eigenvalue weighted by atomic mass is 10.2. The number of rotatable bonds is 1. The molecular weight excluding hydrogens is 290 g/mol. The molecule has 1 fully saturated rings. The number of cyclic esters (lactones) is 1. The molecule has 2 aromatic rings. The van der Waals surface area contributed by atoms with Gasteiger partial charge in [-0.3, -0.25) is 5.41 Å². The summed E-state index contributed by atoms with van der Waals surface area (Å²) < 4.78 is 6.56. The van der Waals surface area contributed by atoms with Crippen molar-refractivity contribution in [3.63, 3.8) is 0 Å². The van der Waals surface area contributed by atoms with Crippen LogP contribution < -0.4 is 5.49 Å². The van der Waals surface area contributed by atoms with Gasteiger partial charge >= 0.3 is 5.97 Å². The van der Waals surface area contributed by atoms with Crippen molar-refractivity contribution in [1.29, 1.82) is 5.41 Å². The summed E-state index contributed by atoms with van der Waals surface area (Å²) in [7, 11) is 0. The zero-order chi connectivity index (χ0) is 11.1. The van der Waals surface area contributed by atoms with Crippen LogP contribution in [0.1, 0.15) is 12.5 Å². The van der Waals surface area contributed by atoms with Crippen LogP contribution in [0.25, 0.3) is 11.2 Å². The molecule has 0 amide bonds. The number of aromatic nitrogens is 4. The van der Waals surface area contributed by atoms with Crippen LogP contribution in [0.5, 0.6) is 0 Å². The largest absolute Gasteiger partial charge is 0.464 e. The van der Waals surface area contributed by atoms with Crippen molar-refractivity contribution in [1.82, 2.24) is 19.5 Å². The van der Waals surface area contributed by atoms with Gasteiger partial charge in [0.05, 0.1) is 19.3 Å². The molecule has 8 heteroatoms. The maximum Gasteiger partial charge on any atom is 0.329 e. The Kier molecular flexibility index (Phi) is 2.97. The topological polar surface area (TPSA) is 96.7 Å². The smallest absolute Gasteiger partial charge is 0.329 e. The first-order valence-corrected chi connectivity index (χ1v) is 4.89. The normalized spacial score (nSPS) is 19.1. The molecule has 1 aliphatic rings. The number of hydrogen-bond donors (Lipinski definition) is 2. The number of hydrogen-bond acceptors (Lipinski definition) is 5. The molecule has 0 saturated carbocycles. The van der Waals surface area contributed by atoms with E-state index in [1.165, 1.54) is 12.7 Å². The SMILES string of the molecule is Br.N=c1ncn(C2CCOC2=O)c2nc[nH]c12. The highest BCUT2D eigenvalue weighted by atomic mass is 79.9. The Hall–Kier alpha value is -1.70. The third-order valence-corrected chi connectivity index (χ3v) is 2.66. The van der Waals surface area contributed by atoms with Gasteiger partial charge in [0.15, 0.2) is 11.1 Å². The molecule has 1 atom stereocenters. The van der Waals surface area contributed by atoms with Crippen LogP contribution in [0.2, 0.25) is 0 Å². The van der Waals surface area contributed by atoms with E-state index in [-0.39, 0.29) is 34.5 Å². The minimum absolute atomic E-state index is 0. The number of nitrogens with zero attached hydrogens (tertiary/aromatic N) is 3. The second kappa shape index (κ2) is 4.28. The van der Waals surface area contributed by atoms with Gasteiger partial charge in [0.25, 0.3) is 0 Å². The zero-order valence-electron chi connectivity index (χ0n) is 8.71. The number of halogens is 1. The van der Waals surface area contributed by atoms with Crippen LogP contribution in [-0.2, 0) is 9.53 Å². The second-order valence-electron chi connectivity index (χ2n) is 3.57. The van der Waals surface area contributed by atoms with Crippen LogP contribution in [0.4, 0.5) is 0 Å². The van der Waals surface area contributed by atoms with Crippen LogP contribution >= 0.6 is 17.0 Å². The lowest BCUT2D eigenvalue weighted by Gasteiger charge is -2.10. The molecule has 3 rings (SSSR count). The van der Waals surface area contributed by atoms with Gasteiger partial charge in [-0.25, -0.2) is 14.8 Å². The fourth-order valence-electron chi connectivity index (χ4n) is 1.86. The lowest BCUT2D eigenvalue weighted by molar-refractivity contribution is -0.140. The van der Waals surface area contributed by atoms with Crippen molar-refractivity contribution in [2.24, 2.45) is 0 Å². The molecule has 2 N–H and O–H groups in total. The number of H-pyrrole nitrogens is 1. The van der Waals surface area contributed by atoms with Crippen LogP contribution in [0, 0.1) is 5.41 Å². The first-order valence-electron chi connectivity index (χ1n) is 4.89. The van der Waals surface area contributed by atoms with Gasteiger partial charge in [0.1, 0.15) is 11.6 Å². The molecule has 1 aliphatic heterocycles. The standard InChI is InChI=1S/C9H9N5O2.BrH/c10-7-6-8(12-3-11-6)14(4-13-7)5-1-2-16-9(5)15;/h3-5,10H,1-2H2,(H,11,12);1H. The highest BCUT2D eigenvalue weighted by Crippen LogP contribution is 2.22. The molecule has 7 nitrogen and oxygen atoms in total.